The van der Waals surface area contributed by atoms with Crippen LogP contribution < -0.4 is 24.0 Å². The Morgan fingerprint density at radius 2 is 1.61 bits per heavy atom. The van der Waals surface area contributed by atoms with Gasteiger partial charge in [-0.3, -0.25) is 4.90 Å². The summed E-state index contributed by atoms with van der Waals surface area (Å²) >= 11 is 0. The molecule has 0 aromatic heterocycles. The van der Waals surface area contributed by atoms with Crippen molar-refractivity contribution in [2.75, 3.05) is 0 Å². The van der Waals surface area contributed by atoms with E-state index in [4.69, 9.17) is 0 Å². The monoisotopic (exact) mass is 239 g/mol. The van der Waals surface area contributed by atoms with Crippen LogP contribution in [0.25, 0.3) is 0 Å². The molecule has 4 atom stereocenters. The van der Waals surface area contributed by atoms with E-state index < -0.39 is 6.10 Å². The van der Waals surface area contributed by atoms with Gasteiger partial charge in [-0.05, 0) is 32.7 Å². The zero-order valence-corrected chi connectivity index (χ0v) is 12.0. The minimum absolute atomic E-state index is 0. The minimum Gasteiger partial charge on any atom is -0.847 e. The fourth-order valence-corrected chi connectivity index (χ4v) is 3.10. The molecule has 1 aromatic carbocycles. The molecular weight excluding hydrogens is 217 g/mol. The Bertz CT molecular complexity index is 347. The summed E-state index contributed by atoms with van der Waals surface area (Å²) in [7, 11) is 0. The van der Waals surface area contributed by atoms with Crippen molar-refractivity contribution in [1.82, 2.24) is 4.90 Å². The third kappa shape index (κ3) is 3.19. The maximum Gasteiger partial charge on any atom is 1.00 e. The predicted octanol–water partition coefficient (Wildman–Crippen LogP) is -0.647. The van der Waals surface area contributed by atoms with Crippen LogP contribution in [0.3, 0.4) is 0 Å². The Labute approximate surface area is 123 Å². The molecule has 0 saturated carbocycles. The summed E-state index contributed by atoms with van der Waals surface area (Å²) in [6.07, 6.45) is 1.79. The van der Waals surface area contributed by atoms with E-state index in [-0.39, 0.29) is 24.9 Å². The van der Waals surface area contributed by atoms with Crippen LogP contribution in [0.15, 0.2) is 30.3 Å². The molecule has 1 saturated heterocycles. The minimum atomic E-state index is -0.640. The number of hydrogen-bond acceptors (Lipinski definition) is 2. The predicted molar refractivity (Wildman–Crippen MR) is 68.6 cm³/mol. The molecule has 0 spiro atoms. The van der Waals surface area contributed by atoms with E-state index in [1.807, 2.05) is 30.3 Å². The molecule has 1 aliphatic rings. The number of rotatable bonds is 3. The summed E-state index contributed by atoms with van der Waals surface area (Å²) in [6, 6.07) is 10.9. The zero-order chi connectivity index (χ0) is 12.4. The van der Waals surface area contributed by atoms with E-state index >= 15 is 0 Å². The molecule has 2 rings (SSSR count). The van der Waals surface area contributed by atoms with Gasteiger partial charge in [-0.25, -0.2) is 0 Å². The Kier molecular flexibility index (Phi) is 5.94. The molecule has 1 fully saturated rings. The van der Waals surface area contributed by atoms with E-state index in [0.717, 1.165) is 5.56 Å². The quantitative estimate of drug-likeness (QED) is 0.656. The van der Waals surface area contributed by atoms with Crippen LogP contribution in [0.5, 0.6) is 0 Å². The number of likely N-dealkylation sites (tertiary alicyclic amines) is 1. The molecule has 0 radical (unpaired) electrons. The van der Waals surface area contributed by atoms with Gasteiger partial charge in [0.1, 0.15) is 0 Å². The van der Waals surface area contributed by atoms with Gasteiger partial charge in [-0.1, -0.05) is 48.9 Å². The number of nitrogens with zero attached hydrogens (tertiary/aromatic N) is 1. The number of benzene rings is 1. The van der Waals surface area contributed by atoms with Crippen molar-refractivity contribution in [3.63, 3.8) is 0 Å². The smallest absolute Gasteiger partial charge is 0.847 e. The molecule has 2 nitrogen and oxygen atoms in total. The van der Waals surface area contributed by atoms with E-state index in [0.29, 0.717) is 12.1 Å². The SMILES string of the molecule is C[C@H]([C@@H]([O-])c1ccccc1)N1[C@@H](C)CC[C@@H]1C.[Li+]. The molecule has 1 aromatic rings. The molecule has 0 aliphatic carbocycles. The van der Waals surface area contributed by atoms with E-state index in [1.165, 1.54) is 12.8 Å². The summed E-state index contributed by atoms with van der Waals surface area (Å²) in [6.45, 7) is 6.54. The van der Waals surface area contributed by atoms with Crippen molar-refractivity contribution in [3.8, 4) is 0 Å². The van der Waals surface area contributed by atoms with Crippen LogP contribution in [-0.2, 0) is 0 Å². The Hall–Kier alpha value is -0.263. The third-order valence-electron chi connectivity index (χ3n) is 4.06. The summed E-state index contributed by atoms with van der Waals surface area (Å²) in [4.78, 5) is 2.39. The van der Waals surface area contributed by atoms with Crippen molar-refractivity contribution < 1.29 is 24.0 Å². The molecule has 0 bridgehead atoms. The summed E-state index contributed by atoms with van der Waals surface area (Å²) in [5, 5.41) is 12.5. The molecule has 0 amide bonds. The van der Waals surface area contributed by atoms with Gasteiger partial charge in [0.15, 0.2) is 0 Å². The van der Waals surface area contributed by atoms with Crippen LogP contribution in [-0.4, -0.2) is 23.0 Å². The Balaban J connectivity index is 0.00000162. The van der Waals surface area contributed by atoms with Gasteiger partial charge in [-0.15, -0.1) is 0 Å². The molecule has 1 aliphatic heterocycles. The molecule has 18 heavy (non-hydrogen) atoms. The van der Waals surface area contributed by atoms with Gasteiger partial charge in [-0.2, -0.15) is 0 Å². The first-order valence-corrected chi connectivity index (χ1v) is 6.59. The van der Waals surface area contributed by atoms with Crippen LogP contribution in [0, 0.1) is 0 Å². The average molecular weight is 239 g/mol. The van der Waals surface area contributed by atoms with E-state index in [9.17, 15) is 5.11 Å². The summed E-state index contributed by atoms with van der Waals surface area (Å²) < 4.78 is 0. The van der Waals surface area contributed by atoms with E-state index in [2.05, 4.69) is 25.7 Å². The third-order valence-corrected chi connectivity index (χ3v) is 4.06. The fraction of sp³-hybridized carbons (Fsp3) is 0.600. The van der Waals surface area contributed by atoms with Gasteiger partial charge < -0.3 is 5.11 Å². The van der Waals surface area contributed by atoms with Crippen molar-refractivity contribution >= 4 is 0 Å². The van der Waals surface area contributed by atoms with Gasteiger partial charge >= 0.3 is 18.9 Å². The second kappa shape index (κ2) is 6.77. The topological polar surface area (TPSA) is 26.3 Å². The van der Waals surface area contributed by atoms with Crippen LogP contribution in [0.1, 0.15) is 45.3 Å². The Morgan fingerprint density at radius 3 is 2.11 bits per heavy atom. The van der Waals surface area contributed by atoms with Gasteiger partial charge in [0.2, 0.25) is 0 Å². The normalized spacial score (nSPS) is 27.6. The summed E-state index contributed by atoms with van der Waals surface area (Å²) in [5.74, 6) is 0. The van der Waals surface area contributed by atoms with Crippen LogP contribution >= 0.6 is 0 Å². The first-order valence-electron chi connectivity index (χ1n) is 6.59. The maximum absolute atomic E-state index is 12.5. The Morgan fingerprint density at radius 1 is 1.11 bits per heavy atom. The van der Waals surface area contributed by atoms with E-state index in [1.54, 1.807) is 0 Å². The van der Waals surface area contributed by atoms with Crippen molar-refractivity contribution in [2.24, 2.45) is 0 Å². The van der Waals surface area contributed by atoms with Crippen molar-refractivity contribution in [3.05, 3.63) is 35.9 Å². The van der Waals surface area contributed by atoms with Crippen molar-refractivity contribution in [1.29, 1.82) is 0 Å². The second-order valence-corrected chi connectivity index (χ2v) is 5.29. The fourth-order valence-electron chi connectivity index (χ4n) is 3.10. The largest absolute Gasteiger partial charge is 1.00 e. The standard InChI is InChI=1S/C15H22NO.Li/c1-11-9-10-12(2)16(11)13(3)15(17)14-7-5-4-6-8-14;/h4-8,11-13,15H,9-10H2,1-3H3;/q-1;+1/t11-,12-,13+,15+;/m0./s1. The van der Waals surface area contributed by atoms with Crippen molar-refractivity contribution in [2.45, 2.75) is 57.8 Å². The molecule has 3 heteroatoms. The van der Waals surface area contributed by atoms with Crippen LogP contribution in [0.4, 0.5) is 0 Å². The molecule has 1 heterocycles. The summed E-state index contributed by atoms with van der Waals surface area (Å²) in [5.41, 5.74) is 0.909. The van der Waals surface area contributed by atoms with Gasteiger partial charge in [0.05, 0.1) is 0 Å². The van der Waals surface area contributed by atoms with Gasteiger partial charge in [0, 0.05) is 12.1 Å². The molecule has 0 unspecified atom stereocenters. The molecular formula is C15H22LiNO. The first kappa shape index (κ1) is 15.8. The second-order valence-electron chi connectivity index (χ2n) is 5.29. The molecule has 94 valence electrons. The maximum atomic E-state index is 12.5. The van der Waals surface area contributed by atoms with Gasteiger partial charge in [0.25, 0.3) is 0 Å². The zero-order valence-electron chi connectivity index (χ0n) is 12.0. The first-order chi connectivity index (χ1) is 8.11. The molecule has 0 N–H and O–H groups in total. The number of hydrogen-bond donors (Lipinski definition) is 0. The van der Waals surface area contributed by atoms with Crippen LogP contribution in [0.2, 0.25) is 0 Å². The average Bonchev–Trinajstić information content (AvgIpc) is 2.68.